The molecule has 1 nitrogen and oxygen atoms in total. The van der Waals surface area contributed by atoms with E-state index >= 15 is 0 Å². The van der Waals surface area contributed by atoms with E-state index in [4.69, 9.17) is 0 Å². The standard InChI is InChI=1S/C11H8F4O/c12-10-7-8(3-1-2-6-16)4-5-9(10)11(13,14)15/h1,3-7H,2H2. The fourth-order valence-electron chi connectivity index (χ4n) is 1.12. The summed E-state index contributed by atoms with van der Waals surface area (Å²) in [6.45, 7) is 0. The maximum atomic E-state index is 13.0. The van der Waals surface area contributed by atoms with Crippen molar-refractivity contribution in [2.75, 3.05) is 0 Å². The summed E-state index contributed by atoms with van der Waals surface area (Å²) in [5.41, 5.74) is -1.01. The SMILES string of the molecule is O=CCC=Cc1ccc(C(F)(F)F)c(F)c1. The summed E-state index contributed by atoms with van der Waals surface area (Å²) >= 11 is 0. The Labute approximate surface area is 89.4 Å². The van der Waals surface area contributed by atoms with Crippen LogP contribution in [0.2, 0.25) is 0 Å². The van der Waals surface area contributed by atoms with Crippen LogP contribution in [0.3, 0.4) is 0 Å². The van der Waals surface area contributed by atoms with Crippen LogP contribution in [-0.2, 0) is 11.0 Å². The molecule has 16 heavy (non-hydrogen) atoms. The van der Waals surface area contributed by atoms with Crippen LogP contribution in [0.1, 0.15) is 17.5 Å². The smallest absolute Gasteiger partial charge is 0.303 e. The van der Waals surface area contributed by atoms with Gasteiger partial charge in [-0.1, -0.05) is 18.2 Å². The molecule has 0 heterocycles. The number of hydrogen-bond acceptors (Lipinski definition) is 1. The predicted octanol–water partition coefficient (Wildman–Crippen LogP) is 3.45. The Morgan fingerprint density at radius 2 is 1.94 bits per heavy atom. The summed E-state index contributed by atoms with van der Waals surface area (Å²) in [6, 6.07) is 2.60. The van der Waals surface area contributed by atoms with Crippen LogP contribution in [0.15, 0.2) is 24.3 Å². The Morgan fingerprint density at radius 3 is 2.44 bits per heavy atom. The Hall–Kier alpha value is -1.65. The minimum atomic E-state index is -4.69. The molecule has 0 N–H and O–H groups in total. The van der Waals surface area contributed by atoms with Gasteiger partial charge in [-0.15, -0.1) is 0 Å². The van der Waals surface area contributed by atoms with Crippen molar-refractivity contribution < 1.29 is 22.4 Å². The third-order valence-corrected chi connectivity index (χ3v) is 1.84. The van der Waals surface area contributed by atoms with Gasteiger partial charge < -0.3 is 4.79 Å². The molecule has 0 bridgehead atoms. The molecule has 0 radical (unpaired) electrons. The lowest BCUT2D eigenvalue weighted by atomic mass is 10.1. The van der Waals surface area contributed by atoms with Crippen LogP contribution in [0.4, 0.5) is 17.6 Å². The van der Waals surface area contributed by atoms with E-state index in [1.54, 1.807) is 0 Å². The van der Waals surface area contributed by atoms with Crippen LogP contribution >= 0.6 is 0 Å². The highest BCUT2D eigenvalue weighted by atomic mass is 19.4. The topological polar surface area (TPSA) is 17.1 Å². The molecule has 0 fully saturated rings. The molecule has 1 rings (SSSR count). The van der Waals surface area contributed by atoms with E-state index in [0.29, 0.717) is 12.4 Å². The van der Waals surface area contributed by atoms with Gasteiger partial charge in [0.2, 0.25) is 0 Å². The van der Waals surface area contributed by atoms with Crippen LogP contribution in [0.25, 0.3) is 6.08 Å². The van der Waals surface area contributed by atoms with Gasteiger partial charge in [0.25, 0.3) is 0 Å². The molecule has 1 aromatic carbocycles. The molecule has 0 amide bonds. The molecule has 0 aromatic heterocycles. The molecule has 0 spiro atoms. The zero-order chi connectivity index (χ0) is 12.2. The molecule has 0 unspecified atom stereocenters. The molecule has 0 aliphatic rings. The van der Waals surface area contributed by atoms with Crippen LogP contribution in [0.5, 0.6) is 0 Å². The molecular weight excluding hydrogens is 224 g/mol. The van der Waals surface area contributed by atoms with Gasteiger partial charge in [-0.05, 0) is 17.7 Å². The summed E-state index contributed by atoms with van der Waals surface area (Å²) in [4.78, 5) is 9.97. The first-order valence-corrected chi connectivity index (χ1v) is 4.42. The quantitative estimate of drug-likeness (QED) is 0.576. The van der Waals surface area contributed by atoms with E-state index < -0.39 is 17.6 Å². The number of carbonyl (C=O) groups is 1. The average molecular weight is 232 g/mol. The van der Waals surface area contributed by atoms with Gasteiger partial charge in [-0.3, -0.25) is 0 Å². The zero-order valence-electron chi connectivity index (χ0n) is 8.09. The summed E-state index contributed by atoms with van der Waals surface area (Å²) in [7, 11) is 0. The predicted molar refractivity (Wildman–Crippen MR) is 51.1 cm³/mol. The van der Waals surface area contributed by atoms with Crippen LogP contribution in [0, 0.1) is 5.82 Å². The third-order valence-electron chi connectivity index (χ3n) is 1.84. The maximum absolute atomic E-state index is 13.0. The summed E-state index contributed by atoms with van der Waals surface area (Å²) in [5.74, 6) is -1.32. The second-order valence-electron chi connectivity index (χ2n) is 3.04. The molecule has 0 atom stereocenters. The van der Waals surface area contributed by atoms with Gasteiger partial charge in [-0.25, -0.2) is 4.39 Å². The zero-order valence-corrected chi connectivity index (χ0v) is 8.09. The number of aldehydes is 1. The van der Waals surface area contributed by atoms with E-state index in [1.165, 1.54) is 12.2 Å². The summed E-state index contributed by atoms with van der Waals surface area (Å²) in [6.07, 6.45) is -1.08. The Balaban J connectivity index is 2.95. The summed E-state index contributed by atoms with van der Waals surface area (Å²) in [5, 5.41) is 0. The van der Waals surface area contributed by atoms with E-state index in [9.17, 15) is 22.4 Å². The van der Waals surface area contributed by atoms with Gasteiger partial charge in [-0.2, -0.15) is 13.2 Å². The van der Waals surface area contributed by atoms with Crippen molar-refractivity contribution >= 4 is 12.4 Å². The number of halogens is 4. The Morgan fingerprint density at radius 1 is 1.25 bits per heavy atom. The van der Waals surface area contributed by atoms with Crippen molar-refractivity contribution in [3.8, 4) is 0 Å². The van der Waals surface area contributed by atoms with Gasteiger partial charge in [0.15, 0.2) is 0 Å². The average Bonchev–Trinajstić information content (AvgIpc) is 2.16. The number of rotatable bonds is 3. The van der Waals surface area contributed by atoms with Crippen LogP contribution < -0.4 is 0 Å². The first-order chi connectivity index (χ1) is 7.45. The van der Waals surface area contributed by atoms with Crippen LogP contribution in [-0.4, -0.2) is 6.29 Å². The summed E-state index contributed by atoms with van der Waals surface area (Å²) < 4.78 is 49.6. The molecule has 1 aromatic rings. The lowest BCUT2D eigenvalue weighted by Crippen LogP contribution is -2.07. The van der Waals surface area contributed by atoms with Crippen molar-refractivity contribution in [1.29, 1.82) is 0 Å². The maximum Gasteiger partial charge on any atom is 0.419 e. The third kappa shape index (κ3) is 3.18. The second kappa shape index (κ2) is 4.92. The van der Waals surface area contributed by atoms with Gasteiger partial charge in [0.05, 0.1) is 5.56 Å². The molecule has 86 valence electrons. The number of alkyl halides is 3. The first-order valence-electron chi connectivity index (χ1n) is 4.42. The van der Waals surface area contributed by atoms with Crippen molar-refractivity contribution in [3.63, 3.8) is 0 Å². The van der Waals surface area contributed by atoms with Crippen molar-refractivity contribution in [3.05, 3.63) is 41.2 Å². The van der Waals surface area contributed by atoms with Gasteiger partial charge in [0, 0.05) is 6.42 Å². The highest BCUT2D eigenvalue weighted by Gasteiger charge is 2.33. The van der Waals surface area contributed by atoms with Gasteiger partial charge >= 0.3 is 6.18 Å². The molecule has 0 aliphatic carbocycles. The Kier molecular flexibility index (Phi) is 3.82. The van der Waals surface area contributed by atoms with E-state index in [-0.39, 0.29) is 12.0 Å². The molecule has 0 aliphatic heterocycles. The number of benzene rings is 1. The highest BCUT2D eigenvalue weighted by Crippen LogP contribution is 2.31. The minimum Gasteiger partial charge on any atom is -0.303 e. The fourth-order valence-corrected chi connectivity index (χ4v) is 1.12. The largest absolute Gasteiger partial charge is 0.419 e. The number of carbonyl (C=O) groups excluding carboxylic acids is 1. The second-order valence-corrected chi connectivity index (χ2v) is 3.04. The molecular formula is C11H8F4O. The first kappa shape index (κ1) is 12.4. The van der Waals surface area contributed by atoms with Crippen molar-refractivity contribution in [1.82, 2.24) is 0 Å². The normalized spacial score (nSPS) is 12.0. The van der Waals surface area contributed by atoms with Gasteiger partial charge in [0.1, 0.15) is 12.1 Å². The number of hydrogen-bond donors (Lipinski definition) is 0. The number of allylic oxidation sites excluding steroid dienone is 1. The van der Waals surface area contributed by atoms with E-state index in [1.807, 2.05) is 0 Å². The fraction of sp³-hybridized carbons (Fsp3) is 0.182. The van der Waals surface area contributed by atoms with Crippen molar-refractivity contribution in [2.45, 2.75) is 12.6 Å². The molecule has 0 saturated carbocycles. The molecule has 5 heteroatoms. The van der Waals surface area contributed by atoms with E-state index in [0.717, 1.165) is 12.1 Å². The minimum absolute atomic E-state index is 0.142. The monoisotopic (exact) mass is 232 g/mol. The highest BCUT2D eigenvalue weighted by molar-refractivity contribution is 5.58. The lowest BCUT2D eigenvalue weighted by molar-refractivity contribution is -0.140. The van der Waals surface area contributed by atoms with E-state index in [2.05, 4.69) is 0 Å². The molecule has 0 saturated heterocycles. The van der Waals surface area contributed by atoms with Crippen molar-refractivity contribution in [2.24, 2.45) is 0 Å². The lowest BCUT2D eigenvalue weighted by Gasteiger charge is -2.07. The Bertz CT molecular complexity index is 407.